The Balaban J connectivity index is 0.922. The molecule has 46 heavy (non-hydrogen) atoms. The number of fused-ring (bicyclic) bond motifs is 6. The van der Waals surface area contributed by atoms with Gasteiger partial charge in [0.2, 0.25) is 5.91 Å². The summed E-state index contributed by atoms with van der Waals surface area (Å²) in [5, 5.41) is 23.4. The molecule has 0 bridgehead atoms. The molecule has 2 saturated heterocycles. The number of aliphatic hydroxyl groups excluding tert-OH is 2. The molecule has 1 aromatic heterocycles. The van der Waals surface area contributed by atoms with Crippen LogP contribution in [-0.2, 0) is 4.79 Å². The fourth-order valence-corrected chi connectivity index (χ4v) is 11.7. The molecule has 3 heterocycles. The second-order valence-electron chi connectivity index (χ2n) is 16.3. The lowest BCUT2D eigenvalue weighted by molar-refractivity contribution is -0.157. The summed E-state index contributed by atoms with van der Waals surface area (Å²) in [7, 11) is 0. The molecule has 6 fully saturated rings. The lowest BCUT2D eigenvalue weighted by Gasteiger charge is -2.62. The summed E-state index contributed by atoms with van der Waals surface area (Å²) >= 11 is 0. The van der Waals surface area contributed by atoms with Gasteiger partial charge in [-0.05, 0) is 111 Å². The second kappa shape index (κ2) is 11.6. The number of likely N-dealkylation sites (tertiary alicyclic amines) is 1. The minimum Gasteiger partial charge on any atom is -0.393 e. The van der Waals surface area contributed by atoms with Crippen LogP contribution in [0.4, 0.5) is 0 Å². The van der Waals surface area contributed by atoms with Gasteiger partial charge in [0.05, 0.1) is 17.7 Å². The van der Waals surface area contributed by atoms with Crippen molar-refractivity contribution in [2.24, 2.45) is 34.5 Å². The minimum atomic E-state index is -0.433. The summed E-state index contributed by atoms with van der Waals surface area (Å²) in [5.74, 6) is 2.48. The maximum absolute atomic E-state index is 13.9. The van der Waals surface area contributed by atoms with Crippen molar-refractivity contribution in [2.45, 2.75) is 102 Å². The third kappa shape index (κ3) is 4.83. The van der Waals surface area contributed by atoms with E-state index >= 15 is 0 Å². The van der Waals surface area contributed by atoms with E-state index in [0.29, 0.717) is 55.4 Å². The molecule has 0 spiro atoms. The van der Waals surface area contributed by atoms with Gasteiger partial charge in [-0.15, -0.1) is 0 Å². The van der Waals surface area contributed by atoms with Gasteiger partial charge in [-0.3, -0.25) is 14.5 Å². The number of hydrogen-bond donors (Lipinski definition) is 2. The molecule has 4 saturated carbocycles. The van der Waals surface area contributed by atoms with Crippen LogP contribution < -0.4 is 0 Å². The summed E-state index contributed by atoms with van der Waals surface area (Å²) in [4.78, 5) is 38.2. The van der Waals surface area contributed by atoms with Gasteiger partial charge in [-0.25, -0.2) is 4.98 Å². The number of benzene rings is 1. The Morgan fingerprint density at radius 1 is 0.848 bits per heavy atom. The van der Waals surface area contributed by atoms with Gasteiger partial charge < -0.3 is 20.0 Å². The van der Waals surface area contributed by atoms with Crippen LogP contribution in [0.15, 0.2) is 36.4 Å². The quantitative estimate of drug-likeness (QED) is 0.511. The van der Waals surface area contributed by atoms with Crippen molar-refractivity contribution in [1.82, 2.24) is 19.7 Å². The highest BCUT2D eigenvalue weighted by Crippen LogP contribution is 2.66. The highest BCUT2D eigenvalue weighted by Gasteiger charge is 2.61. The average Bonchev–Trinajstić information content (AvgIpc) is 3.68. The van der Waals surface area contributed by atoms with Crippen LogP contribution in [-0.4, -0.2) is 98.7 Å². The van der Waals surface area contributed by atoms with E-state index in [1.165, 1.54) is 25.7 Å². The molecule has 8 rings (SSSR count). The predicted molar refractivity (Wildman–Crippen MR) is 177 cm³/mol. The van der Waals surface area contributed by atoms with Crippen LogP contribution in [0.25, 0.3) is 10.9 Å². The van der Waals surface area contributed by atoms with Gasteiger partial charge >= 0.3 is 0 Å². The standard InChI is InChI=1S/C38H52N4O4/c1-37-16-15-28-26(27(37)12-14-34(37)44)11-10-25-22-33(43)32(23-38(25,28)2)40-18-20-41(21-19-40)36(46)31-8-5-17-42(31)35(45)30-13-9-24-6-3-4-7-29(24)39-30/h3-4,6-7,9,13,25-28,31-34,43-44H,5,8,10-12,14-23H2,1-2H3/t25?,26-,27-,28+,31-,32?,33?,34?,37-,38-/m0/s1. The minimum absolute atomic E-state index is 0.0571. The highest BCUT2D eigenvalue weighted by molar-refractivity contribution is 5.98. The lowest BCUT2D eigenvalue weighted by atomic mass is 9.44. The first-order valence-electron chi connectivity index (χ1n) is 18.2. The maximum Gasteiger partial charge on any atom is 0.273 e. The van der Waals surface area contributed by atoms with Crippen molar-refractivity contribution in [3.8, 4) is 0 Å². The summed E-state index contributed by atoms with van der Waals surface area (Å²) in [6.07, 6.45) is 9.90. The smallest absolute Gasteiger partial charge is 0.273 e. The highest BCUT2D eigenvalue weighted by atomic mass is 16.3. The Morgan fingerprint density at radius 2 is 1.63 bits per heavy atom. The molecule has 248 valence electrons. The number of hydrogen-bond acceptors (Lipinski definition) is 6. The molecule has 0 radical (unpaired) electrons. The Labute approximate surface area is 273 Å². The lowest BCUT2D eigenvalue weighted by Crippen LogP contribution is -2.62. The van der Waals surface area contributed by atoms with E-state index in [4.69, 9.17) is 0 Å². The van der Waals surface area contributed by atoms with Crippen LogP contribution in [0.3, 0.4) is 0 Å². The number of nitrogens with zero attached hydrogens (tertiary/aromatic N) is 4. The van der Waals surface area contributed by atoms with E-state index in [9.17, 15) is 19.8 Å². The largest absolute Gasteiger partial charge is 0.393 e. The molecule has 1 aromatic carbocycles. The van der Waals surface area contributed by atoms with E-state index in [1.807, 2.05) is 35.2 Å². The van der Waals surface area contributed by atoms with Crippen molar-refractivity contribution < 1.29 is 19.8 Å². The Morgan fingerprint density at radius 3 is 2.46 bits per heavy atom. The zero-order valence-electron chi connectivity index (χ0n) is 27.7. The van der Waals surface area contributed by atoms with Crippen LogP contribution in [0, 0.1) is 34.5 Å². The number of aliphatic hydroxyl groups is 2. The molecule has 2 aromatic rings. The van der Waals surface area contributed by atoms with Crippen molar-refractivity contribution in [3.63, 3.8) is 0 Å². The molecule has 2 N–H and O–H groups in total. The number of para-hydroxylation sites is 1. The maximum atomic E-state index is 13.9. The fraction of sp³-hybridized carbons (Fsp3) is 0.711. The van der Waals surface area contributed by atoms with Gasteiger partial charge in [-0.2, -0.15) is 0 Å². The van der Waals surface area contributed by atoms with Crippen LogP contribution >= 0.6 is 0 Å². The number of carbonyl (C=O) groups excluding carboxylic acids is 2. The monoisotopic (exact) mass is 628 g/mol. The summed E-state index contributed by atoms with van der Waals surface area (Å²) in [6.45, 7) is 8.29. The van der Waals surface area contributed by atoms with E-state index in [2.05, 4.69) is 23.7 Å². The van der Waals surface area contributed by atoms with Gasteiger partial charge in [0.15, 0.2) is 0 Å². The van der Waals surface area contributed by atoms with Gasteiger partial charge in [0.25, 0.3) is 5.91 Å². The zero-order chi connectivity index (χ0) is 31.8. The third-order valence-electron chi connectivity index (χ3n) is 14.3. The molecule has 2 amide bonds. The van der Waals surface area contributed by atoms with Crippen molar-refractivity contribution in [3.05, 3.63) is 42.1 Å². The van der Waals surface area contributed by atoms with Crippen molar-refractivity contribution in [2.75, 3.05) is 32.7 Å². The summed E-state index contributed by atoms with van der Waals surface area (Å²) in [6, 6.07) is 11.2. The van der Waals surface area contributed by atoms with Crippen molar-refractivity contribution >= 4 is 22.7 Å². The van der Waals surface area contributed by atoms with Crippen LogP contribution in [0.5, 0.6) is 0 Å². The Hall–Kier alpha value is -2.55. The zero-order valence-corrected chi connectivity index (χ0v) is 27.7. The first kappa shape index (κ1) is 30.8. The van der Waals surface area contributed by atoms with Crippen LogP contribution in [0.2, 0.25) is 0 Å². The number of amides is 2. The Bertz CT molecular complexity index is 1490. The van der Waals surface area contributed by atoms with E-state index in [1.54, 1.807) is 11.0 Å². The molecular weight excluding hydrogens is 576 g/mol. The Kier molecular flexibility index (Phi) is 7.73. The number of pyridine rings is 1. The van der Waals surface area contributed by atoms with E-state index < -0.39 is 6.04 Å². The summed E-state index contributed by atoms with van der Waals surface area (Å²) < 4.78 is 0. The van der Waals surface area contributed by atoms with Gasteiger partial charge in [0, 0.05) is 44.2 Å². The van der Waals surface area contributed by atoms with Crippen LogP contribution in [0.1, 0.15) is 88.5 Å². The molecule has 8 heteroatoms. The molecule has 8 nitrogen and oxygen atoms in total. The first-order chi connectivity index (χ1) is 22.2. The number of piperazine rings is 1. The number of rotatable bonds is 3. The van der Waals surface area contributed by atoms with E-state index in [0.717, 1.165) is 56.1 Å². The number of aromatic nitrogens is 1. The third-order valence-corrected chi connectivity index (χ3v) is 14.3. The first-order valence-corrected chi connectivity index (χ1v) is 18.2. The van der Waals surface area contributed by atoms with Gasteiger partial charge in [-0.1, -0.05) is 38.1 Å². The molecule has 2 aliphatic heterocycles. The average molecular weight is 629 g/mol. The SMILES string of the molecule is C[C@]12CC(N3CCN(C(=O)[C@@H]4CCCN4C(=O)c4ccc5ccccc5n4)CC3)C(O)CC1CC[C@@H]1[C@H]2CC[C@]2(C)C(O)CC[C@@H]12. The molecule has 10 atom stereocenters. The normalized spacial score (nSPS) is 41.2. The predicted octanol–water partition coefficient (Wildman–Crippen LogP) is 4.73. The molecular formula is C38H52N4O4. The molecule has 4 aliphatic carbocycles. The van der Waals surface area contributed by atoms with E-state index in [-0.39, 0.29) is 40.9 Å². The van der Waals surface area contributed by atoms with Crippen molar-refractivity contribution in [1.29, 1.82) is 0 Å². The molecule has 6 aliphatic rings. The summed E-state index contributed by atoms with van der Waals surface area (Å²) in [5.41, 5.74) is 1.50. The number of carbonyl (C=O) groups is 2. The van der Waals surface area contributed by atoms with Gasteiger partial charge in [0.1, 0.15) is 11.7 Å². The second-order valence-corrected chi connectivity index (χ2v) is 16.3. The topological polar surface area (TPSA) is 97.2 Å². The fourth-order valence-electron chi connectivity index (χ4n) is 11.7. The molecule has 4 unspecified atom stereocenters.